The fourth-order valence-electron chi connectivity index (χ4n) is 1.18. The predicted molar refractivity (Wildman–Crippen MR) is 64.7 cm³/mol. The molecule has 2 N–H and O–H groups in total. The highest BCUT2D eigenvalue weighted by Gasteiger charge is 2.30. The van der Waals surface area contributed by atoms with Crippen LogP contribution in [0.15, 0.2) is 18.3 Å². The zero-order valence-corrected chi connectivity index (χ0v) is 10.6. The van der Waals surface area contributed by atoms with Crippen molar-refractivity contribution in [2.24, 2.45) is 5.41 Å². The van der Waals surface area contributed by atoms with E-state index in [0.29, 0.717) is 5.69 Å². The number of rotatable bonds is 4. The topological polar surface area (TPSA) is 91.5 Å². The summed E-state index contributed by atoms with van der Waals surface area (Å²) in [7, 11) is 1.29. The minimum atomic E-state index is -0.891. The van der Waals surface area contributed by atoms with E-state index in [1.54, 1.807) is 19.9 Å². The minimum Gasteiger partial charge on any atom is -0.469 e. The van der Waals surface area contributed by atoms with Gasteiger partial charge in [-0.25, -0.2) is 9.78 Å². The van der Waals surface area contributed by atoms with Crippen molar-refractivity contribution in [3.8, 4) is 0 Å². The summed E-state index contributed by atoms with van der Waals surface area (Å²) in [5.74, 6) is -1.05. The van der Waals surface area contributed by atoms with Crippen molar-refractivity contribution >= 4 is 17.6 Å². The predicted octanol–water partition coefficient (Wildman–Crippen LogP) is 1.02. The summed E-state index contributed by atoms with van der Waals surface area (Å²) >= 11 is 0. The fourth-order valence-corrected chi connectivity index (χ4v) is 1.18. The molecule has 18 heavy (non-hydrogen) atoms. The molecule has 1 heterocycles. The van der Waals surface area contributed by atoms with Crippen molar-refractivity contribution < 1.29 is 19.1 Å². The number of hydrogen-bond acceptors (Lipinski definition) is 6. The second kappa shape index (κ2) is 5.48. The van der Waals surface area contributed by atoms with Gasteiger partial charge in [-0.2, -0.15) is 0 Å². The lowest BCUT2D eigenvalue weighted by Crippen LogP contribution is -2.32. The number of nitrogens with two attached hydrogens (primary N) is 1. The molecule has 0 unspecified atom stereocenters. The van der Waals surface area contributed by atoms with E-state index in [4.69, 9.17) is 10.5 Å². The molecule has 0 spiro atoms. The van der Waals surface area contributed by atoms with E-state index in [1.807, 2.05) is 0 Å². The average Bonchev–Trinajstić information content (AvgIpc) is 2.35. The molecule has 0 saturated heterocycles. The number of methoxy groups -OCH3 is 1. The Labute approximate surface area is 105 Å². The lowest BCUT2D eigenvalue weighted by Gasteiger charge is -2.20. The van der Waals surface area contributed by atoms with E-state index in [2.05, 4.69) is 9.72 Å². The molecule has 0 aromatic carbocycles. The average molecular weight is 252 g/mol. The van der Waals surface area contributed by atoms with Gasteiger partial charge < -0.3 is 15.2 Å². The number of carbonyl (C=O) groups is 2. The first-order valence-electron chi connectivity index (χ1n) is 5.34. The van der Waals surface area contributed by atoms with Gasteiger partial charge in [0.2, 0.25) is 0 Å². The van der Waals surface area contributed by atoms with Crippen LogP contribution in [0.3, 0.4) is 0 Å². The molecule has 6 nitrogen and oxygen atoms in total. The number of nitrogen functional groups attached to an aromatic ring is 1. The third kappa shape index (κ3) is 3.44. The van der Waals surface area contributed by atoms with Gasteiger partial charge in [0.25, 0.3) is 0 Å². The Bertz CT molecular complexity index is 440. The third-order valence-corrected chi connectivity index (χ3v) is 2.30. The molecule has 1 rings (SSSR count). The van der Waals surface area contributed by atoms with Crippen molar-refractivity contribution in [2.45, 2.75) is 13.8 Å². The molecule has 0 amide bonds. The van der Waals surface area contributed by atoms with Crippen molar-refractivity contribution in [3.63, 3.8) is 0 Å². The van der Waals surface area contributed by atoms with Gasteiger partial charge in [-0.1, -0.05) is 0 Å². The summed E-state index contributed by atoms with van der Waals surface area (Å²) in [6.07, 6.45) is 1.36. The summed E-state index contributed by atoms with van der Waals surface area (Å²) in [4.78, 5) is 26.8. The summed E-state index contributed by atoms with van der Waals surface area (Å²) in [5.41, 5.74) is 5.16. The van der Waals surface area contributed by atoms with Crippen LogP contribution in [0.1, 0.15) is 24.3 Å². The maximum Gasteiger partial charge on any atom is 0.356 e. The maximum absolute atomic E-state index is 11.6. The highest BCUT2D eigenvalue weighted by Crippen LogP contribution is 2.18. The number of ether oxygens (including phenoxy) is 2. The monoisotopic (exact) mass is 252 g/mol. The van der Waals surface area contributed by atoms with E-state index in [-0.39, 0.29) is 12.3 Å². The Morgan fingerprint density at radius 3 is 2.56 bits per heavy atom. The van der Waals surface area contributed by atoms with Crippen LogP contribution in [0, 0.1) is 5.41 Å². The second-order valence-corrected chi connectivity index (χ2v) is 4.43. The summed E-state index contributed by atoms with van der Waals surface area (Å²) in [5, 5.41) is 0. The molecule has 0 aliphatic carbocycles. The Morgan fingerprint density at radius 1 is 1.39 bits per heavy atom. The number of carbonyl (C=O) groups excluding carboxylic acids is 2. The number of esters is 2. The van der Waals surface area contributed by atoms with E-state index >= 15 is 0 Å². The molecule has 0 bridgehead atoms. The second-order valence-electron chi connectivity index (χ2n) is 4.43. The Balaban J connectivity index is 2.61. The lowest BCUT2D eigenvalue weighted by atomic mass is 9.95. The number of hydrogen-bond donors (Lipinski definition) is 1. The van der Waals surface area contributed by atoms with Crippen LogP contribution in [0.25, 0.3) is 0 Å². The van der Waals surface area contributed by atoms with Gasteiger partial charge in [-0.3, -0.25) is 4.79 Å². The molecule has 0 aliphatic rings. The lowest BCUT2D eigenvalue weighted by molar-refractivity contribution is -0.152. The Hall–Kier alpha value is -2.11. The molecule has 0 radical (unpaired) electrons. The number of pyridine rings is 1. The zero-order chi connectivity index (χ0) is 13.8. The van der Waals surface area contributed by atoms with Gasteiger partial charge >= 0.3 is 11.9 Å². The molecule has 6 heteroatoms. The number of aromatic nitrogens is 1. The number of nitrogens with zero attached hydrogens (tertiary/aromatic N) is 1. The molecule has 0 fully saturated rings. The molecular formula is C12H16N2O4. The number of anilines is 1. The van der Waals surface area contributed by atoms with Crippen LogP contribution in [-0.2, 0) is 14.3 Å². The molecule has 0 atom stereocenters. The maximum atomic E-state index is 11.6. The van der Waals surface area contributed by atoms with E-state index in [9.17, 15) is 9.59 Å². The van der Waals surface area contributed by atoms with Gasteiger partial charge in [-0.05, 0) is 26.0 Å². The first-order chi connectivity index (χ1) is 8.36. The first kappa shape index (κ1) is 14.0. The Kier molecular flexibility index (Phi) is 4.25. The zero-order valence-electron chi connectivity index (χ0n) is 10.6. The van der Waals surface area contributed by atoms with Crippen LogP contribution in [0.4, 0.5) is 5.69 Å². The fraction of sp³-hybridized carbons (Fsp3) is 0.417. The summed E-state index contributed by atoms with van der Waals surface area (Å²) in [6.45, 7) is 3.18. The van der Waals surface area contributed by atoms with E-state index < -0.39 is 17.4 Å². The minimum absolute atomic E-state index is 0.0788. The van der Waals surface area contributed by atoms with Gasteiger partial charge in [0.05, 0.1) is 24.4 Å². The van der Waals surface area contributed by atoms with Crippen LogP contribution in [-0.4, -0.2) is 30.6 Å². The normalized spacial score (nSPS) is 10.8. The van der Waals surface area contributed by atoms with E-state index in [0.717, 1.165) is 0 Å². The van der Waals surface area contributed by atoms with Crippen molar-refractivity contribution in [1.82, 2.24) is 4.98 Å². The van der Waals surface area contributed by atoms with E-state index in [1.165, 1.54) is 19.4 Å². The van der Waals surface area contributed by atoms with Crippen molar-refractivity contribution in [3.05, 3.63) is 24.0 Å². The first-order valence-corrected chi connectivity index (χ1v) is 5.34. The van der Waals surface area contributed by atoms with Crippen LogP contribution < -0.4 is 5.73 Å². The van der Waals surface area contributed by atoms with Gasteiger partial charge in [0.15, 0.2) is 0 Å². The van der Waals surface area contributed by atoms with Crippen LogP contribution >= 0.6 is 0 Å². The molecule has 1 aromatic heterocycles. The van der Waals surface area contributed by atoms with Gasteiger partial charge in [0.1, 0.15) is 12.3 Å². The third-order valence-electron chi connectivity index (χ3n) is 2.30. The van der Waals surface area contributed by atoms with Gasteiger partial charge in [-0.15, -0.1) is 0 Å². The van der Waals surface area contributed by atoms with Crippen molar-refractivity contribution in [2.75, 3.05) is 19.5 Å². The summed E-state index contributed by atoms with van der Waals surface area (Å²) in [6, 6.07) is 3.01. The highest BCUT2D eigenvalue weighted by molar-refractivity contribution is 5.87. The van der Waals surface area contributed by atoms with Crippen molar-refractivity contribution in [1.29, 1.82) is 0 Å². The summed E-state index contributed by atoms with van der Waals surface area (Å²) < 4.78 is 9.62. The Morgan fingerprint density at radius 2 is 2.06 bits per heavy atom. The van der Waals surface area contributed by atoms with Crippen LogP contribution in [0.2, 0.25) is 0 Å². The molecular weight excluding hydrogens is 236 g/mol. The van der Waals surface area contributed by atoms with Gasteiger partial charge in [0, 0.05) is 0 Å². The largest absolute Gasteiger partial charge is 0.469 e. The quantitative estimate of drug-likeness (QED) is 0.804. The highest BCUT2D eigenvalue weighted by atomic mass is 16.5. The molecule has 0 saturated carbocycles. The smallest absolute Gasteiger partial charge is 0.356 e. The van der Waals surface area contributed by atoms with Crippen LogP contribution in [0.5, 0.6) is 0 Å². The SMILES string of the molecule is COC(=O)C(C)(C)COC(=O)c1ccc(N)cn1. The standard InChI is InChI=1S/C12H16N2O4/c1-12(2,11(16)17-3)7-18-10(15)9-5-4-8(13)6-14-9/h4-6H,7,13H2,1-3H3. The molecule has 1 aromatic rings. The molecule has 98 valence electrons. The molecule has 0 aliphatic heterocycles.